The van der Waals surface area contributed by atoms with Crippen molar-refractivity contribution in [3.63, 3.8) is 0 Å². The monoisotopic (exact) mass is 390 g/mol. The summed E-state index contributed by atoms with van der Waals surface area (Å²) in [4.78, 5) is 23.9. The molecule has 5 nitrogen and oxygen atoms in total. The van der Waals surface area contributed by atoms with Crippen molar-refractivity contribution in [3.8, 4) is 22.6 Å². The molecule has 0 fully saturated rings. The minimum absolute atomic E-state index is 0.354. The molecule has 0 N–H and O–H groups in total. The van der Waals surface area contributed by atoms with Crippen LogP contribution in [0.15, 0.2) is 60.7 Å². The van der Waals surface area contributed by atoms with Gasteiger partial charge in [0, 0.05) is 0 Å². The highest BCUT2D eigenvalue weighted by atomic mass is 16.5. The number of carbonyl (C=O) groups excluding carboxylic acids is 2. The van der Waals surface area contributed by atoms with E-state index in [0.717, 1.165) is 28.0 Å². The van der Waals surface area contributed by atoms with E-state index in [2.05, 4.69) is 10.8 Å². The molecule has 0 aliphatic rings. The Morgan fingerprint density at radius 1 is 0.655 bits per heavy atom. The van der Waals surface area contributed by atoms with Crippen LogP contribution < -0.4 is 9.47 Å². The lowest BCUT2D eigenvalue weighted by molar-refractivity contribution is 0.0599. The van der Waals surface area contributed by atoms with E-state index in [1.54, 1.807) is 25.3 Å². The van der Waals surface area contributed by atoms with Gasteiger partial charge in [0.1, 0.15) is 11.5 Å². The molecule has 5 heteroatoms. The van der Waals surface area contributed by atoms with Crippen LogP contribution in [-0.2, 0) is 4.74 Å². The molecule has 3 aromatic carbocycles. The third-order valence-electron chi connectivity index (χ3n) is 4.65. The first-order valence-electron chi connectivity index (χ1n) is 9.09. The van der Waals surface area contributed by atoms with Crippen LogP contribution in [0.25, 0.3) is 11.1 Å². The van der Waals surface area contributed by atoms with E-state index in [1.165, 1.54) is 19.2 Å². The van der Waals surface area contributed by atoms with Gasteiger partial charge in [-0.15, -0.1) is 0 Å². The van der Waals surface area contributed by atoms with Crippen molar-refractivity contribution in [2.75, 3.05) is 14.2 Å². The highest BCUT2D eigenvalue weighted by Crippen LogP contribution is 2.30. The van der Waals surface area contributed by atoms with Gasteiger partial charge in [0.2, 0.25) is 0 Å². The number of rotatable bonds is 5. The Hall–Kier alpha value is -3.60. The van der Waals surface area contributed by atoms with Crippen molar-refractivity contribution in [1.29, 1.82) is 0 Å². The van der Waals surface area contributed by atoms with E-state index in [9.17, 15) is 9.59 Å². The van der Waals surface area contributed by atoms with Crippen LogP contribution in [0.2, 0.25) is 0 Å². The van der Waals surface area contributed by atoms with Crippen LogP contribution in [0, 0.1) is 13.8 Å². The molecule has 0 aliphatic heterocycles. The largest absolute Gasteiger partial charge is 0.496 e. The zero-order chi connectivity index (χ0) is 21.0. The molecular weight excluding hydrogens is 368 g/mol. The number of hydrogen-bond donors (Lipinski definition) is 0. The maximum absolute atomic E-state index is 12.4. The highest BCUT2D eigenvalue weighted by Gasteiger charge is 2.13. The van der Waals surface area contributed by atoms with Crippen LogP contribution in [-0.4, -0.2) is 26.2 Å². The number of methoxy groups -OCH3 is 2. The molecule has 0 aliphatic carbocycles. The minimum Gasteiger partial charge on any atom is -0.496 e. The molecular formula is C24H22O5. The van der Waals surface area contributed by atoms with E-state index >= 15 is 0 Å². The number of hydrogen-bond acceptors (Lipinski definition) is 5. The maximum atomic E-state index is 12.4. The molecule has 0 unspecified atom stereocenters. The molecule has 0 aromatic heterocycles. The minimum atomic E-state index is -0.488. The summed E-state index contributed by atoms with van der Waals surface area (Å²) in [7, 11) is 2.96. The van der Waals surface area contributed by atoms with Crippen molar-refractivity contribution in [1.82, 2.24) is 0 Å². The topological polar surface area (TPSA) is 61.8 Å². The number of esters is 2. The molecule has 0 heterocycles. The Bertz CT molecular complexity index is 1050. The van der Waals surface area contributed by atoms with Crippen molar-refractivity contribution < 1.29 is 23.8 Å². The van der Waals surface area contributed by atoms with Gasteiger partial charge in [-0.1, -0.05) is 12.1 Å². The van der Waals surface area contributed by atoms with E-state index in [-0.39, 0.29) is 0 Å². The highest BCUT2D eigenvalue weighted by molar-refractivity contribution is 5.94. The summed E-state index contributed by atoms with van der Waals surface area (Å²) in [6.45, 7) is 3.89. The second-order valence-corrected chi connectivity index (χ2v) is 6.62. The van der Waals surface area contributed by atoms with Gasteiger partial charge >= 0.3 is 11.9 Å². The van der Waals surface area contributed by atoms with Gasteiger partial charge in [0.15, 0.2) is 0 Å². The quantitative estimate of drug-likeness (QED) is 0.454. The Morgan fingerprint density at radius 3 is 1.59 bits per heavy atom. The van der Waals surface area contributed by atoms with Gasteiger partial charge in [0.25, 0.3) is 0 Å². The Kier molecular flexibility index (Phi) is 5.98. The Labute approximate surface area is 169 Å². The molecule has 29 heavy (non-hydrogen) atoms. The smallest absolute Gasteiger partial charge is 0.343 e. The van der Waals surface area contributed by atoms with Crippen LogP contribution >= 0.6 is 0 Å². The third-order valence-corrected chi connectivity index (χ3v) is 4.65. The van der Waals surface area contributed by atoms with E-state index in [0.29, 0.717) is 16.9 Å². The van der Waals surface area contributed by atoms with Crippen molar-refractivity contribution >= 4 is 11.9 Å². The van der Waals surface area contributed by atoms with Crippen molar-refractivity contribution in [3.05, 3.63) is 82.9 Å². The summed E-state index contributed by atoms with van der Waals surface area (Å²) in [5, 5.41) is 0. The summed E-state index contributed by atoms with van der Waals surface area (Å²) >= 11 is 0. The van der Waals surface area contributed by atoms with E-state index in [4.69, 9.17) is 9.47 Å². The summed E-state index contributed by atoms with van der Waals surface area (Å²) in [5.41, 5.74) is 4.70. The summed E-state index contributed by atoms with van der Waals surface area (Å²) in [6, 6.07) is 17.8. The molecule has 0 spiro atoms. The summed E-state index contributed by atoms with van der Waals surface area (Å²) in [6.07, 6.45) is 0. The second kappa shape index (κ2) is 8.61. The van der Waals surface area contributed by atoms with Gasteiger partial charge < -0.3 is 14.2 Å². The molecule has 0 saturated heterocycles. The van der Waals surface area contributed by atoms with Crippen LogP contribution in [0.1, 0.15) is 31.8 Å². The zero-order valence-corrected chi connectivity index (χ0v) is 16.8. The van der Waals surface area contributed by atoms with Crippen LogP contribution in [0.3, 0.4) is 0 Å². The lowest BCUT2D eigenvalue weighted by atomic mass is 10.0. The normalized spacial score (nSPS) is 10.3. The van der Waals surface area contributed by atoms with Crippen molar-refractivity contribution in [2.45, 2.75) is 13.8 Å². The molecule has 0 amide bonds. The van der Waals surface area contributed by atoms with Gasteiger partial charge in [-0.3, -0.25) is 0 Å². The first-order chi connectivity index (χ1) is 13.9. The van der Waals surface area contributed by atoms with Crippen molar-refractivity contribution in [2.24, 2.45) is 0 Å². The van der Waals surface area contributed by atoms with Crippen LogP contribution in [0.4, 0.5) is 0 Å². The first kappa shape index (κ1) is 20.1. The van der Waals surface area contributed by atoms with Gasteiger partial charge in [-0.25, -0.2) is 9.59 Å². The molecule has 148 valence electrons. The van der Waals surface area contributed by atoms with E-state index < -0.39 is 11.9 Å². The maximum Gasteiger partial charge on any atom is 0.343 e. The number of carbonyl (C=O) groups is 2. The lowest BCUT2D eigenvalue weighted by Crippen LogP contribution is -2.10. The fraction of sp³-hybridized carbons (Fsp3) is 0.167. The van der Waals surface area contributed by atoms with Gasteiger partial charge in [-0.05, 0) is 84.6 Å². The summed E-state index contributed by atoms with van der Waals surface area (Å²) in [5.74, 6) is 0.387. The lowest BCUT2D eigenvalue weighted by Gasteiger charge is -2.11. The summed E-state index contributed by atoms with van der Waals surface area (Å²) < 4.78 is 15.5. The van der Waals surface area contributed by atoms with Crippen LogP contribution in [0.5, 0.6) is 11.5 Å². The molecule has 0 bridgehead atoms. The number of benzene rings is 3. The Morgan fingerprint density at radius 2 is 1.14 bits per heavy atom. The average Bonchev–Trinajstić information content (AvgIpc) is 2.74. The third kappa shape index (κ3) is 4.46. The molecule has 0 saturated carbocycles. The fourth-order valence-corrected chi connectivity index (χ4v) is 3.02. The molecule has 3 aromatic rings. The van der Waals surface area contributed by atoms with E-state index in [1.807, 2.05) is 38.1 Å². The number of aryl methyl sites for hydroxylation is 2. The Balaban J connectivity index is 1.77. The fourth-order valence-electron chi connectivity index (χ4n) is 3.02. The zero-order valence-electron chi connectivity index (χ0n) is 16.8. The second-order valence-electron chi connectivity index (χ2n) is 6.62. The first-order valence-corrected chi connectivity index (χ1v) is 9.09. The predicted molar refractivity (Wildman–Crippen MR) is 111 cm³/mol. The standard InChI is InChI=1S/C24H22O5/c1-15-13-19(9-11-21(15)27-3)20-10-12-22(16(2)14-20)29-24(26)18-7-5-17(6-8-18)23(25)28-4/h5-14H,1-4H3. The molecule has 0 atom stereocenters. The average molecular weight is 390 g/mol. The van der Waals surface area contributed by atoms with Gasteiger partial charge in [0.05, 0.1) is 25.3 Å². The molecule has 0 radical (unpaired) electrons. The molecule has 3 rings (SSSR count). The number of ether oxygens (including phenoxy) is 3. The van der Waals surface area contributed by atoms with Gasteiger partial charge in [-0.2, -0.15) is 0 Å². The SMILES string of the molecule is COC(=O)c1ccc(C(=O)Oc2ccc(-c3ccc(OC)c(C)c3)cc2C)cc1. The predicted octanol–water partition coefficient (Wildman–Crippen LogP) is 4.98.